The van der Waals surface area contributed by atoms with E-state index in [2.05, 4.69) is 15.3 Å². The number of amides is 2. The van der Waals surface area contributed by atoms with E-state index >= 15 is 0 Å². The molecule has 1 heterocycles. The smallest absolute Gasteiger partial charge is 0.274 e. The molecule has 7 nitrogen and oxygen atoms in total. The van der Waals surface area contributed by atoms with E-state index in [1.54, 1.807) is 37.3 Å². The highest BCUT2D eigenvalue weighted by Gasteiger charge is 2.18. The molecular weight excluding hydrogens is 427 g/mol. The normalized spacial score (nSPS) is 10.7. The van der Waals surface area contributed by atoms with E-state index in [9.17, 15) is 9.59 Å². The highest BCUT2D eigenvalue weighted by Crippen LogP contribution is 2.21. The average molecular weight is 453 g/mol. The molecule has 30 heavy (non-hydrogen) atoms. The number of nitrogens with zero attached hydrogens (tertiary/aromatic N) is 3. The van der Waals surface area contributed by atoms with Gasteiger partial charge in [-0.1, -0.05) is 29.3 Å². The average Bonchev–Trinajstić information content (AvgIpc) is 2.72. The lowest BCUT2D eigenvalue weighted by atomic mass is 10.1. The van der Waals surface area contributed by atoms with Gasteiger partial charge in [0, 0.05) is 56.0 Å². The van der Waals surface area contributed by atoms with Crippen molar-refractivity contribution in [3.05, 3.63) is 57.6 Å². The van der Waals surface area contributed by atoms with Gasteiger partial charge in [0.15, 0.2) is 0 Å². The van der Waals surface area contributed by atoms with E-state index in [4.69, 9.17) is 27.9 Å². The first-order valence-corrected chi connectivity index (χ1v) is 10.4. The fraction of sp³-hybridized carbons (Fsp3) is 0.429. The zero-order chi connectivity index (χ0) is 21.9. The summed E-state index contributed by atoms with van der Waals surface area (Å²) in [5.41, 5.74) is 1.91. The Balaban J connectivity index is 1.86. The second-order valence-electron chi connectivity index (χ2n) is 6.77. The zero-order valence-electron chi connectivity index (χ0n) is 17.2. The van der Waals surface area contributed by atoms with Gasteiger partial charge in [0.1, 0.15) is 5.69 Å². The van der Waals surface area contributed by atoms with Crippen molar-refractivity contribution >= 4 is 35.0 Å². The van der Waals surface area contributed by atoms with Crippen molar-refractivity contribution < 1.29 is 14.3 Å². The van der Waals surface area contributed by atoms with E-state index in [-0.39, 0.29) is 30.5 Å². The van der Waals surface area contributed by atoms with Crippen LogP contribution in [0.25, 0.3) is 0 Å². The molecule has 1 aromatic carbocycles. The molecule has 0 saturated heterocycles. The number of aromatic nitrogens is 2. The number of rotatable bonds is 11. The lowest BCUT2D eigenvalue weighted by Gasteiger charge is -2.22. The SMILES string of the molecule is COCCCN(CCC(=O)NCCc1ccc(Cl)cc1Cl)C(=O)c1cnc(C)cn1. The number of carbonyl (C=O) groups is 2. The molecule has 2 aromatic rings. The fourth-order valence-corrected chi connectivity index (χ4v) is 3.27. The third-order valence-corrected chi connectivity index (χ3v) is 4.99. The predicted octanol–water partition coefficient (Wildman–Crippen LogP) is 3.32. The van der Waals surface area contributed by atoms with E-state index in [0.717, 1.165) is 11.3 Å². The molecule has 0 aliphatic heterocycles. The number of hydrogen-bond acceptors (Lipinski definition) is 5. The summed E-state index contributed by atoms with van der Waals surface area (Å²) in [6.07, 6.45) is 4.45. The van der Waals surface area contributed by atoms with E-state index in [1.165, 1.54) is 6.20 Å². The summed E-state index contributed by atoms with van der Waals surface area (Å²) >= 11 is 12.0. The van der Waals surface area contributed by atoms with Gasteiger partial charge in [-0.25, -0.2) is 4.98 Å². The first-order valence-electron chi connectivity index (χ1n) is 9.68. The third kappa shape index (κ3) is 7.89. The molecule has 0 unspecified atom stereocenters. The number of carbonyl (C=O) groups excluding carboxylic acids is 2. The minimum Gasteiger partial charge on any atom is -0.385 e. The number of nitrogens with one attached hydrogen (secondary N) is 1. The molecule has 0 fully saturated rings. The molecule has 2 amide bonds. The minimum absolute atomic E-state index is 0.139. The van der Waals surface area contributed by atoms with Crippen LogP contribution in [0.4, 0.5) is 0 Å². The largest absolute Gasteiger partial charge is 0.385 e. The summed E-state index contributed by atoms with van der Waals surface area (Å²) in [6.45, 7) is 3.53. The topological polar surface area (TPSA) is 84.4 Å². The summed E-state index contributed by atoms with van der Waals surface area (Å²) in [6, 6.07) is 5.29. The maximum absolute atomic E-state index is 12.8. The third-order valence-electron chi connectivity index (χ3n) is 4.40. The van der Waals surface area contributed by atoms with Crippen LogP contribution in [0.2, 0.25) is 10.0 Å². The number of methoxy groups -OCH3 is 1. The second-order valence-corrected chi connectivity index (χ2v) is 7.61. The molecule has 0 bridgehead atoms. The van der Waals surface area contributed by atoms with Gasteiger partial charge >= 0.3 is 0 Å². The number of hydrogen-bond donors (Lipinski definition) is 1. The maximum atomic E-state index is 12.8. The van der Waals surface area contributed by atoms with Gasteiger partial charge in [-0.15, -0.1) is 0 Å². The van der Waals surface area contributed by atoms with Gasteiger partial charge in [0.2, 0.25) is 5.91 Å². The summed E-state index contributed by atoms with van der Waals surface area (Å²) in [4.78, 5) is 34.9. The van der Waals surface area contributed by atoms with Crippen LogP contribution in [-0.4, -0.2) is 60.0 Å². The van der Waals surface area contributed by atoms with Gasteiger partial charge in [0.05, 0.1) is 11.9 Å². The minimum atomic E-state index is -0.251. The Morgan fingerprint density at radius 1 is 1.17 bits per heavy atom. The molecule has 0 aliphatic carbocycles. The van der Waals surface area contributed by atoms with Crippen LogP contribution in [-0.2, 0) is 16.0 Å². The van der Waals surface area contributed by atoms with Crippen molar-refractivity contribution in [2.45, 2.75) is 26.2 Å². The Morgan fingerprint density at radius 3 is 2.63 bits per heavy atom. The number of aryl methyl sites for hydroxylation is 1. The van der Waals surface area contributed by atoms with Crippen molar-refractivity contribution in [3.8, 4) is 0 Å². The van der Waals surface area contributed by atoms with Gasteiger partial charge in [-0.2, -0.15) is 0 Å². The van der Waals surface area contributed by atoms with Gasteiger partial charge < -0.3 is 15.0 Å². The molecule has 1 N–H and O–H groups in total. The molecule has 162 valence electrons. The molecule has 9 heteroatoms. The standard InChI is InChI=1S/C21H26Cl2N4O3/c1-15-13-26-19(14-25-15)21(29)27(9-3-11-30-2)10-7-20(28)24-8-6-16-4-5-17(22)12-18(16)23/h4-5,12-14H,3,6-11H2,1-2H3,(H,24,28). The number of ether oxygens (including phenoxy) is 1. The second kappa shape index (κ2) is 12.5. The lowest BCUT2D eigenvalue weighted by Crippen LogP contribution is -2.37. The van der Waals surface area contributed by atoms with Crippen molar-refractivity contribution in [1.29, 1.82) is 0 Å². The van der Waals surface area contributed by atoms with Crippen molar-refractivity contribution in [2.75, 3.05) is 33.4 Å². The van der Waals surface area contributed by atoms with Gasteiger partial charge in [0.25, 0.3) is 5.91 Å². The Hall–Kier alpha value is -2.22. The molecule has 0 atom stereocenters. The quantitative estimate of drug-likeness (QED) is 0.528. The van der Waals surface area contributed by atoms with E-state index in [0.29, 0.717) is 42.6 Å². The monoisotopic (exact) mass is 452 g/mol. The molecule has 1 aromatic heterocycles. The zero-order valence-corrected chi connectivity index (χ0v) is 18.7. The van der Waals surface area contributed by atoms with Gasteiger partial charge in [-0.3, -0.25) is 14.6 Å². The van der Waals surface area contributed by atoms with Crippen LogP contribution in [0.3, 0.4) is 0 Å². The lowest BCUT2D eigenvalue weighted by molar-refractivity contribution is -0.121. The van der Waals surface area contributed by atoms with Crippen molar-refractivity contribution in [3.63, 3.8) is 0 Å². The Morgan fingerprint density at radius 2 is 1.97 bits per heavy atom. The number of halogens is 2. The molecule has 0 spiro atoms. The first-order chi connectivity index (χ1) is 14.4. The first kappa shape index (κ1) is 24.1. The highest BCUT2D eigenvalue weighted by atomic mass is 35.5. The van der Waals surface area contributed by atoms with Crippen LogP contribution < -0.4 is 5.32 Å². The van der Waals surface area contributed by atoms with E-state index < -0.39 is 0 Å². The van der Waals surface area contributed by atoms with Crippen molar-refractivity contribution in [1.82, 2.24) is 20.2 Å². The van der Waals surface area contributed by atoms with Crippen LogP contribution in [0.5, 0.6) is 0 Å². The fourth-order valence-electron chi connectivity index (χ4n) is 2.77. The molecular formula is C21H26Cl2N4O3. The summed E-state index contributed by atoms with van der Waals surface area (Å²) in [5, 5.41) is 4.01. The molecule has 2 rings (SSSR count). The summed E-state index contributed by atoms with van der Waals surface area (Å²) in [7, 11) is 1.61. The summed E-state index contributed by atoms with van der Waals surface area (Å²) in [5.74, 6) is -0.390. The van der Waals surface area contributed by atoms with Crippen LogP contribution in [0, 0.1) is 6.92 Å². The van der Waals surface area contributed by atoms with E-state index in [1.807, 2.05) is 6.07 Å². The van der Waals surface area contributed by atoms with Crippen LogP contribution in [0.15, 0.2) is 30.6 Å². The number of benzene rings is 1. The van der Waals surface area contributed by atoms with Gasteiger partial charge in [-0.05, 0) is 37.5 Å². The summed E-state index contributed by atoms with van der Waals surface area (Å²) < 4.78 is 5.07. The molecule has 0 saturated carbocycles. The Kier molecular flexibility index (Phi) is 10.00. The van der Waals surface area contributed by atoms with Crippen LogP contribution in [0.1, 0.15) is 34.6 Å². The molecule has 0 radical (unpaired) electrons. The Labute approximate surface area is 186 Å². The Bertz CT molecular complexity index is 847. The predicted molar refractivity (Wildman–Crippen MR) is 117 cm³/mol. The van der Waals surface area contributed by atoms with Crippen molar-refractivity contribution in [2.24, 2.45) is 0 Å². The maximum Gasteiger partial charge on any atom is 0.274 e. The molecule has 0 aliphatic rings. The van der Waals surface area contributed by atoms with Crippen LogP contribution >= 0.6 is 23.2 Å². The highest BCUT2D eigenvalue weighted by molar-refractivity contribution is 6.35.